The van der Waals surface area contributed by atoms with Crippen molar-refractivity contribution in [1.29, 1.82) is 0 Å². The Kier molecular flexibility index (Phi) is 5.48. The topological polar surface area (TPSA) is 35.2 Å². The van der Waals surface area contributed by atoms with Crippen LogP contribution in [-0.4, -0.2) is 18.8 Å². The van der Waals surface area contributed by atoms with Crippen LogP contribution in [0.15, 0.2) is 0 Å². The molecule has 0 bridgehead atoms. The molecule has 1 rings (SSSR count). The third kappa shape index (κ3) is 5.43. The Labute approximate surface area is 120 Å². The van der Waals surface area contributed by atoms with Crippen LogP contribution in [0.2, 0.25) is 0 Å². The Bertz CT molecular complexity index is 258. The fourth-order valence-corrected chi connectivity index (χ4v) is 2.99. The number of nitrogens with two attached hydrogens (primary N) is 1. The third-order valence-electron chi connectivity index (χ3n) is 4.75. The van der Waals surface area contributed by atoms with Crippen molar-refractivity contribution in [1.82, 2.24) is 0 Å². The van der Waals surface area contributed by atoms with Crippen LogP contribution < -0.4 is 5.73 Å². The molecular weight excluding hydrogens is 234 g/mol. The summed E-state index contributed by atoms with van der Waals surface area (Å²) in [6.45, 7) is 15.4. The average Bonchev–Trinajstić information content (AvgIpc) is 2.26. The first-order valence-corrected chi connectivity index (χ1v) is 7.92. The SMILES string of the molecule is CC(C)(C)CCOC1(CN)CCC(C(C)(C)C)CC1. The maximum Gasteiger partial charge on any atom is 0.0804 e. The second-order valence-electron chi connectivity index (χ2n) is 8.69. The van der Waals surface area contributed by atoms with Gasteiger partial charge in [-0.1, -0.05) is 41.5 Å². The van der Waals surface area contributed by atoms with Crippen LogP contribution in [0.1, 0.15) is 73.6 Å². The number of ether oxygens (including phenoxy) is 1. The fourth-order valence-electron chi connectivity index (χ4n) is 2.99. The van der Waals surface area contributed by atoms with E-state index in [1.165, 1.54) is 12.8 Å². The molecule has 2 nitrogen and oxygen atoms in total. The average molecular weight is 269 g/mol. The molecular formula is C17H35NO. The second-order valence-corrected chi connectivity index (χ2v) is 8.69. The monoisotopic (exact) mass is 269 g/mol. The lowest BCUT2D eigenvalue weighted by Gasteiger charge is -2.43. The van der Waals surface area contributed by atoms with Crippen molar-refractivity contribution in [2.24, 2.45) is 22.5 Å². The number of rotatable bonds is 4. The molecule has 114 valence electrons. The molecule has 1 aliphatic rings. The predicted molar refractivity (Wildman–Crippen MR) is 83.2 cm³/mol. The van der Waals surface area contributed by atoms with Gasteiger partial charge in [0.25, 0.3) is 0 Å². The van der Waals surface area contributed by atoms with Crippen molar-refractivity contribution in [3.8, 4) is 0 Å². The van der Waals surface area contributed by atoms with Crippen molar-refractivity contribution in [3.05, 3.63) is 0 Å². The van der Waals surface area contributed by atoms with Gasteiger partial charge in [0.1, 0.15) is 0 Å². The van der Waals surface area contributed by atoms with E-state index in [2.05, 4.69) is 41.5 Å². The zero-order chi connectivity index (χ0) is 14.7. The summed E-state index contributed by atoms with van der Waals surface area (Å²) >= 11 is 0. The van der Waals surface area contributed by atoms with E-state index in [-0.39, 0.29) is 5.60 Å². The van der Waals surface area contributed by atoms with Gasteiger partial charge in [0, 0.05) is 13.2 Å². The summed E-state index contributed by atoms with van der Waals surface area (Å²) in [4.78, 5) is 0. The minimum atomic E-state index is -0.0347. The Morgan fingerprint density at radius 3 is 1.95 bits per heavy atom. The van der Waals surface area contributed by atoms with E-state index in [4.69, 9.17) is 10.5 Å². The second kappa shape index (κ2) is 6.13. The van der Waals surface area contributed by atoms with Gasteiger partial charge in [-0.05, 0) is 48.9 Å². The Balaban J connectivity index is 2.47. The van der Waals surface area contributed by atoms with Gasteiger partial charge < -0.3 is 10.5 Å². The zero-order valence-corrected chi connectivity index (χ0v) is 14.0. The van der Waals surface area contributed by atoms with Gasteiger partial charge in [-0.3, -0.25) is 0 Å². The van der Waals surface area contributed by atoms with Crippen LogP contribution >= 0.6 is 0 Å². The van der Waals surface area contributed by atoms with E-state index >= 15 is 0 Å². The van der Waals surface area contributed by atoms with E-state index in [1.807, 2.05) is 0 Å². The first-order valence-electron chi connectivity index (χ1n) is 7.92. The molecule has 0 aromatic heterocycles. The maximum atomic E-state index is 6.23. The van der Waals surface area contributed by atoms with Gasteiger partial charge in [0.2, 0.25) is 0 Å². The first kappa shape index (κ1) is 17.0. The molecule has 1 aliphatic carbocycles. The quantitative estimate of drug-likeness (QED) is 0.822. The zero-order valence-electron chi connectivity index (χ0n) is 14.0. The summed E-state index contributed by atoms with van der Waals surface area (Å²) in [6.07, 6.45) is 5.90. The van der Waals surface area contributed by atoms with Crippen LogP contribution in [-0.2, 0) is 4.74 Å². The van der Waals surface area contributed by atoms with Gasteiger partial charge in [0.05, 0.1) is 5.60 Å². The Morgan fingerprint density at radius 1 is 1.05 bits per heavy atom. The van der Waals surface area contributed by atoms with Gasteiger partial charge in [-0.2, -0.15) is 0 Å². The molecule has 0 spiro atoms. The van der Waals surface area contributed by atoms with E-state index in [1.54, 1.807) is 0 Å². The Hall–Kier alpha value is -0.0800. The van der Waals surface area contributed by atoms with Crippen molar-refractivity contribution >= 4 is 0 Å². The summed E-state index contributed by atoms with van der Waals surface area (Å²) in [5.74, 6) is 0.818. The van der Waals surface area contributed by atoms with E-state index in [0.717, 1.165) is 31.8 Å². The molecule has 2 N–H and O–H groups in total. The lowest BCUT2D eigenvalue weighted by atomic mass is 9.68. The molecule has 1 fully saturated rings. The molecule has 0 aromatic carbocycles. The highest BCUT2D eigenvalue weighted by molar-refractivity contribution is 4.91. The molecule has 0 atom stereocenters. The predicted octanol–water partition coefficient (Wildman–Crippen LogP) is 4.37. The summed E-state index contributed by atoms with van der Waals surface area (Å²) in [5, 5.41) is 0. The highest BCUT2D eigenvalue weighted by Crippen LogP contribution is 2.42. The molecule has 2 heteroatoms. The lowest BCUT2D eigenvalue weighted by molar-refractivity contribution is -0.0855. The van der Waals surface area contributed by atoms with E-state index < -0.39 is 0 Å². The van der Waals surface area contributed by atoms with Crippen molar-refractivity contribution < 1.29 is 4.74 Å². The molecule has 0 radical (unpaired) electrons. The van der Waals surface area contributed by atoms with Crippen LogP contribution in [0.5, 0.6) is 0 Å². The van der Waals surface area contributed by atoms with Gasteiger partial charge >= 0.3 is 0 Å². The number of hydrogen-bond donors (Lipinski definition) is 1. The largest absolute Gasteiger partial charge is 0.374 e. The fraction of sp³-hybridized carbons (Fsp3) is 1.00. The minimum absolute atomic E-state index is 0.0347. The van der Waals surface area contributed by atoms with E-state index in [0.29, 0.717) is 17.4 Å². The molecule has 0 amide bonds. The molecule has 0 saturated heterocycles. The van der Waals surface area contributed by atoms with Gasteiger partial charge in [-0.25, -0.2) is 0 Å². The molecule has 1 saturated carbocycles. The first-order chi connectivity index (χ1) is 8.58. The summed E-state index contributed by atoms with van der Waals surface area (Å²) in [5.41, 5.74) is 6.75. The van der Waals surface area contributed by atoms with Crippen molar-refractivity contribution in [2.45, 2.75) is 79.2 Å². The van der Waals surface area contributed by atoms with Gasteiger partial charge in [0.15, 0.2) is 0 Å². The highest BCUT2D eigenvalue weighted by atomic mass is 16.5. The molecule has 0 unspecified atom stereocenters. The molecule has 0 heterocycles. The minimum Gasteiger partial charge on any atom is -0.374 e. The smallest absolute Gasteiger partial charge is 0.0804 e. The number of hydrogen-bond acceptors (Lipinski definition) is 2. The van der Waals surface area contributed by atoms with Crippen molar-refractivity contribution in [3.63, 3.8) is 0 Å². The standard InChI is InChI=1S/C17H35NO/c1-15(2,3)11-12-19-17(13-18)9-7-14(8-10-17)16(4,5)6/h14H,7-13,18H2,1-6H3. The third-order valence-corrected chi connectivity index (χ3v) is 4.75. The van der Waals surface area contributed by atoms with E-state index in [9.17, 15) is 0 Å². The maximum absolute atomic E-state index is 6.23. The normalized spacial score (nSPS) is 29.5. The molecule has 19 heavy (non-hydrogen) atoms. The Morgan fingerprint density at radius 2 is 1.58 bits per heavy atom. The van der Waals surface area contributed by atoms with Crippen LogP contribution in [0, 0.1) is 16.7 Å². The summed E-state index contributed by atoms with van der Waals surface area (Å²) in [6, 6.07) is 0. The van der Waals surface area contributed by atoms with Crippen LogP contribution in [0.3, 0.4) is 0 Å². The lowest BCUT2D eigenvalue weighted by Crippen LogP contribution is -2.46. The summed E-state index contributed by atoms with van der Waals surface area (Å²) < 4.78 is 6.23. The van der Waals surface area contributed by atoms with Gasteiger partial charge in [-0.15, -0.1) is 0 Å². The van der Waals surface area contributed by atoms with Crippen LogP contribution in [0.4, 0.5) is 0 Å². The van der Waals surface area contributed by atoms with Crippen molar-refractivity contribution in [2.75, 3.05) is 13.2 Å². The highest BCUT2D eigenvalue weighted by Gasteiger charge is 2.38. The van der Waals surface area contributed by atoms with Crippen LogP contribution in [0.25, 0.3) is 0 Å². The molecule has 0 aliphatic heterocycles. The summed E-state index contributed by atoms with van der Waals surface area (Å²) in [7, 11) is 0. The molecule has 0 aromatic rings.